The van der Waals surface area contributed by atoms with Crippen molar-refractivity contribution in [2.24, 2.45) is 0 Å². The zero-order valence-corrected chi connectivity index (χ0v) is 28.5. The molecular weight excluding hydrogens is 640 g/mol. The van der Waals surface area contributed by atoms with Crippen molar-refractivity contribution in [3.63, 3.8) is 0 Å². The molecule has 0 saturated carbocycles. The number of aromatic nitrogens is 2. The van der Waals surface area contributed by atoms with Gasteiger partial charge in [-0.15, -0.1) is 0 Å². The van der Waals surface area contributed by atoms with Crippen LogP contribution in [0, 0.1) is 11.3 Å². The number of fused-ring (bicyclic) bond motifs is 2. The van der Waals surface area contributed by atoms with E-state index in [-0.39, 0.29) is 32.0 Å². The Hall–Kier alpha value is -3.95. The quantitative estimate of drug-likeness (QED) is 0.285. The second-order valence-corrected chi connectivity index (χ2v) is 14.2. The summed E-state index contributed by atoms with van der Waals surface area (Å²) in [6, 6.07) is 14.0. The van der Waals surface area contributed by atoms with Gasteiger partial charge >= 0.3 is 12.1 Å². The molecule has 10 nitrogen and oxygen atoms in total. The van der Waals surface area contributed by atoms with E-state index in [9.17, 15) is 18.8 Å². The first-order chi connectivity index (χ1) is 22.9. The van der Waals surface area contributed by atoms with E-state index in [2.05, 4.69) is 21.9 Å². The van der Waals surface area contributed by atoms with Crippen molar-refractivity contribution in [2.75, 3.05) is 62.2 Å². The Kier molecular flexibility index (Phi) is 9.81. The SMILES string of the molecule is CC(C)(C)OC(=O)N1CCN(c2nc(OCCN3CCCC(F)(F)C3)nc3c2CCN(c2cccc4cccc(Cl)c24)C3)C[C@@H]1CC#N. The molecule has 2 aromatic carbocycles. The molecule has 0 radical (unpaired) electrons. The molecule has 0 spiro atoms. The van der Waals surface area contributed by atoms with Crippen LogP contribution in [-0.4, -0.2) is 95.8 Å². The predicted octanol–water partition coefficient (Wildman–Crippen LogP) is 6.30. The number of hydrogen-bond acceptors (Lipinski definition) is 9. The first-order valence-electron chi connectivity index (χ1n) is 16.6. The van der Waals surface area contributed by atoms with Crippen LogP contribution in [0.4, 0.5) is 25.1 Å². The third-order valence-corrected chi connectivity index (χ3v) is 9.36. The first kappa shape index (κ1) is 33.9. The van der Waals surface area contributed by atoms with Crippen molar-refractivity contribution in [2.45, 2.75) is 70.6 Å². The fourth-order valence-corrected chi connectivity index (χ4v) is 7.13. The number of piperazine rings is 1. The third kappa shape index (κ3) is 7.68. The van der Waals surface area contributed by atoms with Crippen LogP contribution in [0.2, 0.25) is 5.02 Å². The minimum absolute atomic E-state index is 0.0892. The number of piperidine rings is 1. The Morgan fingerprint density at radius 1 is 1.10 bits per heavy atom. The number of nitriles is 1. The van der Waals surface area contributed by atoms with E-state index in [1.807, 2.05) is 51.1 Å². The van der Waals surface area contributed by atoms with E-state index in [1.165, 1.54) is 0 Å². The Morgan fingerprint density at radius 2 is 1.90 bits per heavy atom. The summed E-state index contributed by atoms with van der Waals surface area (Å²) in [5, 5.41) is 12.4. The maximum Gasteiger partial charge on any atom is 0.410 e. The lowest BCUT2D eigenvalue weighted by molar-refractivity contribution is -0.0658. The number of benzene rings is 2. The van der Waals surface area contributed by atoms with Gasteiger partial charge in [0.2, 0.25) is 0 Å². The lowest BCUT2D eigenvalue weighted by Crippen LogP contribution is -2.56. The fraction of sp³-hybridized carbons (Fsp3) is 0.543. The van der Waals surface area contributed by atoms with Crippen molar-refractivity contribution in [1.29, 1.82) is 5.26 Å². The molecule has 0 bridgehead atoms. The molecule has 256 valence electrons. The normalized spacial score (nSPS) is 19.9. The molecule has 2 fully saturated rings. The van der Waals surface area contributed by atoms with Crippen LogP contribution in [-0.2, 0) is 17.7 Å². The number of carbonyl (C=O) groups is 1. The number of nitrogens with zero attached hydrogens (tertiary/aromatic N) is 7. The topological polar surface area (TPSA) is 98.1 Å². The van der Waals surface area contributed by atoms with Crippen LogP contribution in [0.5, 0.6) is 6.01 Å². The Labute approximate surface area is 285 Å². The average Bonchev–Trinajstić information content (AvgIpc) is 3.03. The standard InChI is InChI=1S/C35H42ClF2N7O3/c1-34(2,3)48-33(46)45-18-17-44(21-25(45)11-14-39)31-26-12-16-43(29-10-5-8-24-7-4-9-27(36)30(24)29)22-28(26)40-32(41-31)47-20-19-42-15-6-13-35(37,38)23-42/h4-5,7-10,25H,6,11-13,15-23H2,1-3H3/t25-/m0/s1. The minimum Gasteiger partial charge on any atom is -0.462 e. The summed E-state index contributed by atoms with van der Waals surface area (Å²) in [4.78, 5) is 30.5. The molecule has 1 amide bonds. The summed E-state index contributed by atoms with van der Waals surface area (Å²) in [6.45, 7) is 8.71. The van der Waals surface area contributed by atoms with E-state index in [0.717, 1.165) is 27.7 Å². The maximum atomic E-state index is 14.0. The van der Waals surface area contributed by atoms with Gasteiger partial charge in [0.25, 0.3) is 5.92 Å². The zero-order chi connectivity index (χ0) is 34.1. The molecule has 0 N–H and O–H groups in total. The van der Waals surface area contributed by atoms with E-state index in [4.69, 9.17) is 31.0 Å². The molecule has 0 unspecified atom stereocenters. The van der Waals surface area contributed by atoms with Crippen LogP contribution in [0.25, 0.3) is 10.8 Å². The van der Waals surface area contributed by atoms with Gasteiger partial charge in [-0.05, 0) is 57.7 Å². The van der Waals surface area contributed by atoms with Crippen LogP contribution in [0.1, 0.15) is 51.3 Å². The highest BCUT2D eigenvalue weighted by molar-refractivity contribution is 6.36. The van der Waals surface area contributed by atoms with Gasteiger partial charge in [-0.1, -0.05) is 35.9 Å². The zero-order valence-electron chi connectivity index (χ0n) is 27.7. The van der Waals surface area contributed by atoms with Crippen LogP contribution in [0.15, 0.2) is 36.4 Å². The summed E-state index contributed by atoms with van der Waals surface area (Å²) in [5.74, 6) is -1.98. The molecular formula is C35H42ClF2N7O3. The van der Waals surface area contributed by atoms with E-state index in [1.54, 1.807) is 9.80 Å². The van der Waals surface area contributed by atoms with Gasteiger partial charge < -0.3 is 24.2 Å². The van der Waals surface area contributed by atoms with Crippen molar-refractivity contribution in [1.82, 2.24) is 19.8 Å². The van der Waals surface area contributed by atoms with Crippen LogP contribution >= 0.6 is 11.6 Å². The van der Waals surface area contributed by atoms with Crippen LogP contribution in [0.3, 0.4) is 0 Å². The summed E-state index contributed by atoms with van der Waals surface area (Å²) in [6.07, 6.45) is 0.712. The number of carbonyl (C=O) groups excluding carboxylic acids is 1. The van der Waals surface area contributed by atoms with Crippen molar-refractivity contribution < 1.29 is 23.0 Å². The molecule has 6 rings (SSSR count). The third-order valence-electron chi connectivity index (χ3n) is 9.04. The molecule has 13 heteroatoms. The number of ether oxygens (including phenoxy) is 2. The molecule has 1 atom stereocenters. The van der Waals surface area contributed by atoms with Gasteiger partial charge in [0.15, 0.2) is 0 Å². The first-order valence-corrected chi connectivity index (χ1v) is 16.9. The number of anilines is 2. The van der Waals surface area contributed by atoms with Crippen molar-refractivity contribution >= 4 is 40.0 Å². The monoisotopic (exact) mass is 681 g/mol. The van der Waals surface area contributed by atoms with Gasteiger partial charge in [0.1, 0.15) is 18.0 Å². The van der Waals surface area contributed by atoms with E-state index in [0.29, 0.717) is 69.5 Å². The minimum atomic E-state index is -2.69. The summed E-state index contributed by atoms with van der Waals surface area (Å²) < 4.78 is 39.8. The summed E-state index contributed by atoms with van der Waals surface area (Å²) in [5.41, 5.74) is 2.15. The van der Waals surface area contributed by atoms with Crippen molar-refractivity contribution in [3.05, 3.63) is 52.7 Å². The highest BCUT2D eigenvalue weighted by atomic mass is 35.5. The molecule has 48 heavy (non-hydrogen) atoms. The molecule has 0 aliphatic carbocycles. The fourth-order valence-electron chi connectivity index (χ4n) is 6.85. The number of halogens is 3. The number of alkyl halides is 2. The lowest BCUT2D eigenvalue weighted by Gasteiger charge is -2.42. The number of amides is 1. The largest absolute Gasteiger partial charge is 0.462 e. The van der Waals surface area contributed by atoms with E-state index < -0.39 is 23.7 Å². The van der Waals surface area contributed by atoms with Gasteiger partial charge in [0.05, 0.1) is 42.3 Å². The molecule has 3 aromatic rings. The van der Waals surface area contributed by atoms with Gasteiger partial charge in [0, 0.05) is 55.8 Å². The predicted molar refractivity (Wildman–Crippen MR) is 181 cm³/mol. The molecule has 2 saturated heterocycles. The molecule has 3 aliphatic heterocycles. The van der Waals surface area contributed by atoms with Gasteiger partial charge in [-0.25, -0.2) is 13.6 Å². The lowest BCUT2D eigenvalue weighted by atomic mass is 10.0. The number of rotatable bonds is 7. The van der Waals surface area contributed by atoms with Gasteiger partial charge in [-0.2, -0.15) is 15.2 Å². The smallest absolute Gasteiger partial charge is 0.410 e. The average molecular weight is 682 g/mol. The Bertz CT molecular complexity index is 1690. The van der Waals surface area contributed by atoms with Crippen molar-refractivity contribution in [3.8, 4) is 12.1 Å². The van der Waals surface area contributed by atoms with E-state index >= 15 is 0 Å². The highest BCUT2D eigenvalue weighted by Gasteiger charge is 2.37. The maximum absolute atomic E-state index is 14.0. The summed E-state index contributed by atoms with van der Waals surface area (Å²) in [7, 11) is 0. The van der Waals surface area contributed by atoms with Gasteiger partial charge in [-0.3, -0.25) is 4.90 Å². The second kappa shape index (κ2) is 13.9. The molecule has 4 heterocycles. The molecule has 3 aliphatic rings. The highest BCUT2D eigenvalue weighted by Crippen LogP contribution is 2.37. The summed E-state index contributed by atoms with van der Waals surface area (Å²) >= 11 is 6.69. The van der Waals surface area contributed by atoms with Crippen LogP contribution < -0.4 is 14.5 Å². The Balaban J connectivity index is 1.28. The number of hydrogen-bond donors (Lipinski definition) is 0. The Morgan fingerprint density at radius 3 is 2.65 bits per heavy atom. The second-order valence-electron chi connectivity index (χ2n) is 13.8. The number of likely N-dealkylation sites (tertiary alicyclic amines) is 1. The molecule has 1 aromatic heterocycles.